The molecule has 1 heterocycles. The third-order valence-corrected chi connectivity index (χ3v) is 4.68. The van der Waals surface area contributed by atoms with Gasteiger partial charge >= 0.3 is 12.4 Å². The van der Waals surface area contributed by atoms with Gasteiger partial charge in [0.2, 0.25) is 0 Å². The van der Waals surface area contributed by atoms with Crippen molar-refractivity contribution in [3.8, 4) is 11.5 Å². The van der Waals surface area contributed by atoms with E-state index in [0.717, 1.165) is 4.90 Å². The SMILES string of the molecule is CN1CC(C(=O)NCc2ccc(Oc3cc(C(F)(F)F)cc(C(F)(F)F)c3)cc2)=C(O)C1=O. The van der Waals surface area contributed by atoms with Crippen LogP contribution < -0.4 is 10.1 Å². The predicted molar refractivity (Wildman–Crippen MR) is 102 cm³/mol. The molecule has 0 fully saturated rings. The van der Waals surface area contributed by atoms with Crippen LogP contribution in [-0.2, 0) is 28.5 Å². The van der Waals surface area contributed by atoms with E-state index in [4.69, 9.17) is 4.74 Å². The van der Waals surface area contributed by atoms with Gasteiger partial charge in [-0.05, 0) is 35.9 Å². The van der Waals surface area contributed by atoms with Crippen molar-refractivity contribution in [3.05, 3.63) is 70.5 Å². The first-order chi connectivity index (χ1) is 15.3. The molecule has 2 N–H and O–H groups in total. The van der Waals surface area contributed by atoms with Gasteiger partial charge in [-0.1, -0.05) is 12.1 Å². The van der Waals surface area contributed by atoms with E-state index in [1.807, 2.05) is 0 Å². The summed E-state index contributed by atoms with van der Waals surface area (Å²) in [6.07, 6.45) is -9.99. The summed E-state index contributed by atoms with van der Waals surface area (Å²) in [7, 11) is 1.42. The quantitative estimate of drug-likeness (QED) is 0.630. The number of benzene rings is 2. The number of ether oxygens (including phenoxy) is 1. The van der Waals surface area contributed by atoms with Crippen LogP contribution in [0.15, 0.2) is 53.8 Å². The van der Waals surface area contributed by atoms with Gasteiger partial charge in [-0.15, -0.1) is 0 Å². The van der Waals surface area contributed by atoms with Crippen molar-refractivity contribution >= 4 is 11.8 Å². The fourth-order valence-corrected chi connectivity index (χ4v) is 2.96. The smallest absolute Gasteiger partial charge is 0.416 e. The number of hydrogen-bond donors (Lipinski definition) is 2. The fraction of sp³-hybridized carbons (Fsp3) is 0.238. The van der Waals surface area contributed by atoms with Gasteiger partial charge in [-0.2, -0.15) is 26.3 Å². The van der Waals surface area contributed by atoms with Crippen LogP contribution in [0.4, 0.5) is 26.3 Å². The zero-order chi connectivity index (χ0) is 24.6. The highest BCUT2D eigenvalue weighted by atomic mass is 19.4. The number of likely N-dealkylation sites (N-methyl/N-ethyl adjacent to an activating group) is 1. The third-order valence-electron chi connectivity index (χ3n) is 4.68. The van der Waals surface area contributed by atoms with Gasteiger partial charge in [0.15, 0.2) is 5.76 Å². The number of carbonyl (C=O) groups is 2. The summed E-state index contributed by atoms with van der Waals surface area (Å²) in [6.45, 7) is -0.0737. The highest BCUT2D eigenvalue weighted by Crippen LogP contribution is 2.39. The molecule has 1 aliphatic heterocycles. The number of hydrogen-bond acceptors (Lipinski definition) is 4. The van der Waals surface area contributed by atoms with Gasteiger partial charge in [0.1, 0.15) is 11.5 Å². The molecule has 176 valence electrons. The molecule has 0 unspecified atom stereocenters. The summed E-state index contributed by atoms with van der Waals surface area (Å²) in [6, 6.07) is 6.41. The van der Waals surface area contributed by atoms with E-state index in [1.54, 1.807) is 0 Å². The van der Waals surface area contributed by atoms with E-state index in [9.17, 15) is 41.0 Å². The molecule has 0 atom stereocenters. The number of aliphatic hydroxyl groups is 1. The predicted octanol–water partition coefficient (Wildman–Crippen LogP) is 4.42. The van der Waals surface area contributed by atoms with Crippen molar-refractivity contribution in [1.82, 2.24) is 10.2 Å². The standard InChI is InChI=1S/C21H16F6N2O4/c1-29-10-16(17(30)19(29)32)18(31)28-9-11-2-4-14(5-3-11)33-15-7-12(20(22,23)24)6-13(8-15)21(25,26)27/h2-8,30H,9-10H2,1H3,(H,28,31). The van der Waals surface area contributed by atoms with Crippen molar-refractivity contribution in [1.29, 1.82) is 0 Å². The van der Waals surface area contributed by atoms with Gasteiger partial charge in [-0.25, -0.2) is 0 Å². The molecule has 6 nitrogen and oxygen atoms in total. The van der Waals surface area contributed by atoms with Gasteiger partial charge in [0, 0.05) is 13.6 Å². The number of halogens is 6. The molecular formula is C21H16F6N2O4. The van der Waals surface area contributed by atoms with Crippen LogP contribution in [0, 0.1) is 0 Å². The van der Waals surface area contributed by atoms with Crippen molar-refractivity contribution in [2.75, 3.05) is 13.6 Å². The van der Waals surface area contributed by atoms with Crippen LogP contribution >= 0.6 is 0 Å². The number of amides is 2. The van der Waals surface area contributed by atoms with Crippen LogP contribution in [0.25, 0.3) is 0 Å². The number of carbonyl (C=O) groups excluding carboxylic acids is 2. The average Bonchev–Trinajstić information content (AvgIpc) is 2.99. The van der Waals surface area contributed by atoms with E-state index in [2.05, 4.69) is 5.32 Å². The first-order valence-corrected chi connectivity index (χ1v) is 9.28. The molecular weight excluding hydrogens is 458 g/mol. The molecule has 0 spiro atoms. The van der Waals surface area contributed by atoms with Crippen molar-refractivity contribution in [2.45, 2.75) is 18.9 Å². The average molecular weight is 474 g/mol. The lowest BCUT2D eigenvalue weighted by molar-refractivity contribution is -0.143. The molecule has 12 heteroatoms. The maximum absolute atomic E-state index is 13.0. The second-order valence-corrected chi connectivity index (χ2v) is 7.16. The zero-order valence-electron chi connectivity index (χ0n) is 16.8. The number of alkyl halides is 6. The minimum Gasteiger partial charge on any atom is -0.503 e. The Balaban J connectivity index is 1.70. The van der Waals surface area contributed by atoms with Gasteiger partial charge in [0.25, 0.3) is 11.8 Å². The normalized spacial score (nSPS) is 14.6. The van der Waals surface area contributed by atoms with E-state index in [-0.39, 0.29) is 30.5 Å². The van der Waals surface area contributed by atoms with E-state index >= 15 is 0 Å². The molecule has 0 radical (unpaired) electrons. The second-order valence-electron chi connectivity index (χ2n) is 7.16. The van der Waals surface area contributed by atoms with Crippen LogP contribution in [0.3, 0.4) is 0 Å². The maximum atomic E-state index is 13.0. The molecule has 0 aliphatic carbocycles. The molecule has 3 rings (SSSR count). The molecule has 33 heavy (non-hydrogen) atoms. The number of aliphatic hydroxyl groups excluding tert-OH is 1. The highest BCUT2D eigenvalue weighted by Gasteiger charge is 2.37. The first kappa shape index (κ1) is 24.0. The summed E-state index contributed by atoms with van der Waals surface area (Å²) >= 11 is 0. The molecule has 2 aromatic rings. The molecule has 0 saturated carbocycles. The van der Waals surface area contributed by atoms with Gasteiger partial charge < -0.3 is 20.1 Å². The fourth-order valence-electron chi connectivity index (χ4n) is 2.96. The van der Waals surface area contributed by atoms with Crippen LogP contribution in [0.1, 0.15) is 16.7 Å². The Hall–Kier alpha value is -3.70. The van der Waals surface area contributed by atoms with Crippen molar-refractivity contribution < 1.29 is 45.8 Å². The number of rotatable bonds is 5. The summed E-state index contributed by atoms with van der Waals surface area (Å²) in [5.41, 5.74) is -2.57. The first-order valence-electron chi connectivity index (χ1n) is 9.28. The molecule has 2 aromatic carbocycles. The molecule has 2 amide bonds. The summed E-state index contributed by atoms with van der Waals surface area (Å²) < 4.78 is 82.9. The number of nitrogens with zero attached hydrogens (tertiary/aromatic N) is 1. The topological polar surface area (TPSA) is 78.9 Å². The zero-order valence-corrected chi connectivity index (χ0v) is 16.8. The molecule has 0 saturated heterocycles. The summed E-state index contributed by atoms with van der Waals surface area (Å²) in [4.78, 5) is 24.8. The van der Waals surface area contributed by atoms with Gasteiger partial charge in [-0.3, -0.25) is 9.59 Å². The lowest BCUT2D eigenvalue weighted by Gasteiger charge is -2.15. The Bertz CT molecular complexity index is 1070. The second kappa shape index (κ2) is 8.68. The van der Waals surface area contributed by atoms with Crippen LogP contribution in [-0.4, -0.2) is 35.4 Å². The Morgan fingerprint density at radius 1 is 1.00 bits per heavy atom. The Labute approximate surface area is 183 Å². The monoisotopic (exact) mass is 474 g/mol. The Morgan fingerprint density at radius 2 is 1.55 bits per heavy atom. The lowest BCUT2D eigenvalue weighted by Crippen LogP contribution is -2.27. The third kappa shape index (κ3) is 5.57. The highest BCUT2D eigenvalue weighted by molar-refractivity contribution is 6.06. The molecule has 0 aromatic heterocycles. The van der Waals surface area contributed by atoms with Crippen LogP contribution in [0.5, 0.6) is 11.5 Å². The summed E-state index contributed by atoms with van der Waals surface area (Å²) in [5.74, 6) is -2.64. The van der Waals surface area contributed by atoms with E-state index in [1.165, 1.54) is 31.3 Å². The minimum atomic E-state index is -5.00. The lowest BCUT2D eigenvalue weighted by atomic mass is 10.1. The Kier molecular flexibility index (Phi) is 6.30. The largest absolute Gasteiger partial charge is 0.503 e. The summed E-state index contributed by atoms with van der Waals surface area (Å²) in [5, 5.41) is 12.2. The van der Waals surface area contributed by atoms with Crippen molar-refractivity contribution in [3.63, 3.8) is 0 Å². The van der Waals surface area contributed by atoms with E-state index < -0.39 is 46.8 Å². The van der Waals surface area contributed by atoms with Crippen molar-refractivity contribution in [2.24, 2.45) is 0 Å². The maximum Gasteiger partial charge on any atom is 0.416 e. The molecule has 0 bridgehead atoms. The van der Waals surface area contributed by atoms with Gasteiger partial charge in [0.05, 0.1) is 23.2 Å². The molecule has 1 aliphatic rings. The number of nitrogens with one attached hydrogen (secondary N) is 1. The van der Waals surface area contributed by atoms with Crippen LogP contribution in [0.2, 0.25) is 0 Å². The minimum absolute atomic E-state index is 0.00153. The Morgan fingerprint density at radius 3 is 2.00 bits per heavy atom. The van der Waals surface area contributed by atoms with E-state index in [0.29, 0.717) is 17.7 Å².